The SMILES string of the molecule is CCOC(=O)[C@H](C)Oc1ccc(C=Nn2c([C@@H](C)CC)nc3ccc(Br)cc3c2=O)cc1[N+](=O)[O-]. The number of hydrogen-bond donors (Lipinski definition) is 0. The number of nitro benzene ring substituents is 1. The second-order valence-electron chi connectivity index (χ2n) is 7.80. The Labute approximate surface area is 209 Å². The van der Waals surface area contributed by atoms with E-state index in [1.54, 1.807) is 25.1 Å². The highest BCUT2D eigenvalue weighted by molar-refractivity contribution is 9.10. The molecule has 0 aliphatic rings. The number of carbonyl (C=O) groups is 1. The summed E-state index contributed by atoms with van der Waals surface area (Å²) in [4.78, 5) is 40.7. The Bertz CT molecular complexity index is 1350. The number of halogens is 1. The van der Waals surface area contributed by atoms with E-state index in [1.807, 2.05) is 19.9 Å². The average Bonchev–Trinajstić information content (AvgIpc) is 2.83. The van der Waals surface area contributed by atoms with Crippen molar-refractivity contribution < 1.29 is 19.2 Å². The van der Waals surface area contributed by atoms with Crippen molar-refractivity contribution in [1.82, 2.24) is 9.66 Å². The third-order valence-electron chi connectivity index (χ3n) is 5.31. The first-order valence-electron chi connectivity index (χ1n) is 11.0. The molecule has 3 rings (SSSR count). The first-order valence-corrected chi connectivity index (χ1v) is 11.8. The highest BCUT2D eigenvalue weighted by Gasteiger charge is 2.22. The molecule has 11 heteroatoms. The van der Waals surface area contributed by atoms with Crippen LogP contribution in [0.2, 0.25) is 0 Å². The molecule has 0 aliphatic carbocycles. The smallest absolute Gasteiger partial charge is 0.347 e. The Morgan fingerprint density at radius 1 is 1.26 bits per heavy atom. The van der Waals surface area contributed by atoms with Gasteiger partial charge in [-0.1, -0.05) is 29.8 Å². The molecule has 2 atom stereocenters. The van der Waals surface area contributed by atoms with Crippen LogP contribution in [0, 0.1) is 10.1 Å². The molecule has 0 aliphatic heterocycles. The number of fused-ring (bicyclic) bond motifs is 1. The van der Waals surface area contributed by atoms with Crippen LogP contribution >= 0.6 is 15.9 Å². The molecule has 0 spiro atoms. The van der Waals surface area contributed by atoms with Crippen molar-refractivity contribution in [3.05, 3.63) is 72.7 Å². The first kappa shape index (κ1) is 26.0. The van der Waals surface area contributed by atoms with Gasteiger partial charge < -0.3 is 9.47 Å². The number of hydrogen-bond acceptors (Lipinski definition) is 8. The highest BCUT2D eigenvalue weighted by Crippen LogP contribution is 2.29. The quantitative estimate of drug-likeness (QED) is 0.164. The Morgan fingerprint density at radius 2 is 2.00 bits per heavy atom. The number of nitrogens with zero attached hydrogens (tertiary/aromatic N) is 4. The van der Waals surface area contributed by atoms with Gasteiger partial charge in [0.2, 0.25) is 0 Å². The lowest BCUT2D eigenvalue weighted by Crippen LogP contribution is -2.26. The van der Waals surface area contributed by atoms with Crippen molar-refractivity contribution in [2.45, 2.75) is 46.1 Å². The lowest BCUT2D eigenvalue weighted by atomic mass is 10.1. The van der Waals surface area contributed by atoms with Gasteiger partial charge in [0.05, 0.1) is 28.6 Å². The predicted molar refractivity (Wildman–Crippen MR) is 135 cm³/mol. The van der Waals surface area contributed by atoms with Crippen LogP contribution in [0.3, 0.4) is 0 Å². The molecule has 0 fully saturated rings. The lowest BCUT2D eigenvalue weighted by Gasteiger charge is -2.14. The molecule has 35 heavy (non-hydrogen) atoms. The summed E-state index contributed by atoms with van der Waals surface area (Å²) >= 11 is 3.37. The first-order chi connectivity index (χ1) is 16.7. The van der Waals surface area contributed by atoms with E-state index in [1.165, 1.54) is 29.9 Å². The Morgan fingerprint density at radius 3 is 2.66 bits per heavy atom. The number of rotatable bonds is 9. The summed E-state index contributed by atoms with van der Waals surface area (Å²) in [6, 6.07) is 9.44. The molecule has 1 aromatic heterocycles. The topological polar surface area (TPSA) is 126 Å². The van der Waals surface area contributed by atoms with Gasteiger partial charge in [0, 0.05) is 22.0 Å². The van der Waals surface area contributed by atoms with Crippen molar-refractivity contribution >= 4 is 44.7 Å². The molecule has 10 nitrogen and oxygen atoms in total. The molecule has 0 radical (unpaired) electrons. The minimum absolute atomic E-state index is 0.0534. The Hall–Kier alpha value is -3.60. The van der Waals surface area contributed by atoms with Crippen LogP contribution < -0.4 is 10.3 Å². The predicted octanol–water partition coefficient (Wildman–Crippen LogP) is 4.79. The molecular formula is C24H25BrN4O6. The summed E-state index contributed by atoms with van der Waals surface area (Å²) in [6.45, 7) is 7.20. The maximum Gasteiger partial charge on any atom is 0.347 e. The van der Waals surface area contributed by atoms with Gasteiger partial charge in [-0.25, -0.2) is 9.78 Å². The molecule has 0 bridgehead atoms. The van der Waals surface area contributed by atoms with Crippen LogP contribution in [0.4, 0.5) is 5.69 Å². The number of ether oxygens (including phenoxy) is 2. The molecule has 0 saturated heterocycles. The van der Waals surface area contributed by atoms with Crippen LogP contribution in [-0.4, -0.2) is 39.5 Å². The summed E-state index contributed by atoms with van der Waals surface area (Å²) in [7, 11) is 0. The standard InChI is InChI=1S/C24H25BrN4O6/c1-5-14(3)22-27-19-9-8-17(25)12-18(19)23(30)28(22)26-13-16-7-10-21(20(11-16)29(32)33)35-15(4)24(31)34-6-2/h7-15H,5-6H2,1-4H3/t14-,15-/m0/s1. The molecule has 2 aromatic carbocycles. The molecule has 184 valence electrons. The summed E-state index contributed by atoms with van der Waals surface area (Å²) in [5, 5.41) is 16.4. The molecule has 0 saturated carbocycles. The number of esters is 1. The normalized spacial score (nSPS) is 13.1. The zero-order valence-corrected chi connectivity index (χ0v) is 21.3. The van der Waals surface area contributed by atoms with Crippen molar-refractivity contribution in [2.75, 3.05) is 6.61 Å². The van der Waals surface area contributed by atoms with Crippen molar-refractivity contribution in [2.24, 2.45) is 5.10 Å². The third-order valence-corrected chi connectivity index (χ3v) is 5.80. The van der Waals surface area contributed by atoms with E-state index < -0.39 is 17.0 Å². The largest absolute Gasteiger partial charge is 0.472 e. The van der Waals surface area contributed by atoms with E-state index in [4.69, 9.17) is 9.47 Å². The van der Waals surface area contributed by atoms with E-state index in [0.717, 1.165) is 10.9 Å². The molecule has 3 aromatic rings. The Balaban J connectivity index is 2.03. The van der Waals surface area contributed by atoms with Gasteiger partial charge in [-0.05, 0) is 50.6 Å². The van der Waals surface area contributed by atoms with Gasteiger partial charge in [-0.3, -0.25) is 14.9 Å². The van der Waals surface area contributed by atoms with Crippen LogP contribution in [0.5, 0.6) is 5.75 Å². The average molecular weight is 545 g/mol. The third kappa shape index (κ3) is 5.91. The van der Waals surface area contributed by atoms with E-state index in [-0.39, 0.29) is 29.5 Å². The van der Waals surface area contributed by atoms with Crippen LogP contribution in [-0.2, 0) is 9.53 Å². The van der Waals surface area contributed by atoms with Crippen molar-refractivity contribution in [1.29, 1.82) is 0 Å². The number of carbonyl (C=O) groups excluding carboxylic acids is 1. The lowest BCUT2D eigenvalue weighted by molar-refractivity contribution is -0.386. The van der Waals surface area contributed by atoms with Gasteiger partial charge in [-0.2, -0.15) is 9.78 Å². The van der Waals surface area contributed by atoms with E-state index >= 15 is 0 Å². The van der Waals surface area contributed by atoms with Gasteiger partial charge in [0.1, 0.15) is 5.82 Å². The molecule has 0 unspecified atom stereocenters. The van der Waals surface area contributed by atoms with Crippen LogP contribution in [0.1, 0.15) is 51.4 Å². The fraction of sp³-hybridized carbons (Fsp3) is 0.333. The van der Waals surface area contributed by atoms with E-state index in [0.29, 0.717) is 22.3 Å². The molecule has 1 heterocycles. The van der Waals surface area contributed by atoms with Gasteiger partial charge in [0.15, 0.2) is 11.9 Å². The second kappa shape index (κ2) is 11.2. The summed E-state index contributed by atoms with van der Waals surface area (Å²) in [6.07, 6.45) is 1.07. The summed E-state index contributed by atoms with van der Waals surface area (Å²) < 4.78 is 12.3. The van der Waals surface area contributed by atoms with Crippen molar-refractivity contribution in [3.8, 4) is 5.75 Å². The van der Waals surface area contributed by atoms with E-state index in [9.17, 15) is 19.7 Å². The fourth-order valence-corrected chi connectivity index (χ4v) is 3.62. The molecule has 0 amide bonds. The Kier molecular flexibility index (Phi) is 8.34. The fourth-order valence-electron chi connectivity index (χ4n) is 3.26. The maximum absolute atomic E-state index is 13.2. The van der Waals surface area contributed by atoms with Crippen molar-refractivity contribution in [3.63, 3.8) is 0 Å². The highest BCUT2D eigenvalue weighted by atomic mass is 79.9. The van der Waals surface area contributed by atoms with Gasteiger partial charge in [0.25, 0.3) is 5.56 Å². The zero-order valence-electron chi connectivity index (χ0n) is 19.7. The van der Waals surface area contributed by atoms with Gasteiger partial charge >= 0.3 is 11.7 Å². The number of benzene rings is 2. The molecule has 0 N–H and O–H groups in total. The summed E-state index contributed by atoms with van der Waals surface area (Å²) in [5.41, 5.74) is 0.234. The minimum atomic E-state index is -1.02. The monoisotopic (exact) mass is 544 g/mol. The minimum Gasteiger partial charge on any atom is -0.472 e. The number of aromatic nitrogens is 2. The zero-order chi connectivity index (χ0) is 25.7. The maximum atomic E-state index is 13.2. The van der Waals surface area contributed by atoms with Gasteiger partial charge in [-0.15, -0.1) is 0 Å². The van der Waals surface area contributed by atoms with Crippen LogP contribution in [0.25, 0.3) is 10.9 Å². The number of nitro groups is 1. The second-order valence-corrected chi connectivity index (χ2v) is 8.71. The molecular weight excluding hydrogens is 520 g/mol. The summed E-state index contributed by atoms with van der Waals surface area (Å²) in [5.74, 6) is -0.272. The van der Waals surface area contributed by atoms with E-state index in [2.05, 4.69) is 26.0 Å². The van der Waals surface area contributed by atoms with Crippen LogP contribution in [0.15, 0.2) is 50.8 Å².